The maximum atomic E-state index is 12.6. The number of fused-ring (bicyclic) bond motifs is 1. The van der Waals surface area contributed by atoms with Gasteiger partial charge in [-0.3, -0.25) is 4.79 Å². The van der Waals surface area contributed by atoms with Gasteiger partial charge in [0.25, 0.3) is 5.91 Å². The van der Waals surface area contributed by atoms with Crippen molar-refractivity contribution in [2.75, 3.05) is 57.9 Å². The summed E-state index contributed by atoms with van der Waals surface area (Å²) in [4.78, 5) is 16.3. The quantitative estimate of drug-likeness (QED) is 0.743. The monoisotopic (exact) mass is 412 g/mol. The van der Waals surface area contributed by atoms with Gasteiger partial charge in [-0.1, -0.05) is 12.1 Å². The van der Waals surface area contributed by atoms with Crippen molar-refractivity contribution in [2.24, 2.45) is 0 Å². The van der Waals surface area contributed by atoms with E-state index >= 15 is 0 Å². The fraction of sp³-hybridized carbons (Fsp3) is 0.435. The summed E-state index contributed by atoms with van der Waals surface area (Å²) in [6, 6.07) is 13.9. The Morgan fingerprint density at radius 2 is 1.90 bits per heavy atom. The number of methoxy groups -OCH3 is 1. The molecule has 160 valence electrons. The number of amides is 1. The molecule has 0 bridgehead atoms. The van der Waals surface area contributed by atoms with E-state index in [2.05, 4.69) is 22.3 Å². The normalized spacial score (nSPS) is 17.3. The van der Waals surface area contributed by atoms with Crippen molar-refractivity contribution in [1.82, 2.24) is 5.32 Å². The highest BCUT2D eigenvalue weighted by molar-refractivity contribution is 5.77. The van der Waals surface area contributed by atoms with E-state index in [9.17, 15) is 4.79 Å². The van der Waals surface area contributed by atoms with Crippen LogP contribution >= 0.6 is 0 Å². The lowest BCUT2D eigenvalue weighted by molar-refractivity contribution is -0.892. The second-order valence-corrected chi connectivity index (χ2v) is 7.81. The zero-order valence-electron chi connectivity index (χ0n) is 17.6. The summed E-state index contributed by atoms with van der Waals surface area (Å²) < 4.78 is 16.5. The van der Waals surface area contributed by atoms with Gasteiger partial charge in [0, 0.05) is 11.8 Å². The summed E-state index contributed by atoms with van der Waals surface area (Å²) in [6.45, 7) is 7.34. The Labute approximate surface area is 177 Å². The summed E-state index contributed by atoms with van der Waals surface area (Å²) in [7, 11) is 1.69. The summed E-state index contributed by atoms with van der Waals surface area (Å²) in [5.74, 6) is 2.46. The number of carbonyl (C=O) groups is 1. The number of nitrogens with zero attached hydrogens (tertiary/aromatic N) is 1. The van der Waals surface area contributed by atoms with E-state index < -0.39 is 0 Å². The smallest absolute Gasteiger partial charge is 0.275 e. The minimum absolute atomic E-state index is 0.0715. The molecule has 0 aromatic heterocycles. The highest BCUT2D eigenvalue weighted by Gasteiger charge is 2.24. The zero-order valence-corrected chi connectivity index (χ0v) is 17.6. The van der Waals surface area contributed by atoms with Gasteiger partial charge in [-0.25, -0.2) is 0 Å². The molecular weight excluding hydrogens is 382 g/mol. The van der Waals surface area contributed by atoms with E-state index in [1.807, 2.05) is 37.3 Å². The standard InChI is InChI=1S/C23H29N3O4/c1-17(18-6-7-21-22(14-18)30-13-12-29-21)24-23(27)16-25-8-10-26(11-9-25)19-4-3-5-20(15-19)28-2/h3-7,14-15,17H,8-13,16H2,1-2H3,(H,24,27)/p+1/t17-/m0/s1. The van der Waals surface area contributed by atoms with Crippen molar-refractivity contribution >= 4 is 11.6 Å². The van der Waals surface area contributed by atoms with E-state index in [4.69, 9.17) is 14.2 Å². The molecule has 2 aromatic carbocycles. The Balaban J connectivity index is 1.26. The maximum Gasteiger partial charge on any atom is 0.275 e. The van der Waals surface area contributed by atoms with Crippen molar-refractivity contribution in [1.29, 1.82) is 0 Å². The maximum absolute atomic E-state index is 12.6. The van der Waals surface area contributed by atoms with Crippen LogP contribution in [0.2, 0.25) is 0 Å². The summed E-state index contributed by atoms with van der Waals surface area (Å²) >= 11 is 0. The predicted molar refractivity (Wildman–Crippen MR) is 115 cm³/mol. The van der Waals surface area contributed by atoms with Crippen LogP contribution in [0.25, 0.3) is 0 Å². The van der Waals surface area contributed by atoms with Crippen LogP contribution < -0.4 is 29.3 Å². The number of anilines is 1. The number of nitrogens with one attached hydrogen (secondary N) is 2. The third-order valence-electron chi connectivity index (χ3n) is 5.74. The first-order chi connectivity index (χ1) is 14.6. The Morgan fingerprint density at radius 1 is 1.13 bits per heavy atom. The van der Waals surface area contributed by atoms with Gasteiger partial charge in [-0.05, 0) is 36.8 Å². The van der Waals surface area contributed by atoms with Crippen LogP contribution in [0.4, 0.5) is 5.69 Å². The lowest BCUT2D eigenvalue weighted by Crippen LogP contribution is -3.15. The second-order valence-electron chi connectivity index (χ2n) is 7.81. The van der Waals surface area contributed by atoms with E-state index in [1.54, 1.807) is 7.11 Å². The van der Waals surface area contributed by atoms with Crippen LogP contribution in [0.1, 0.15) is 18.5 Å². The summed E-state index contributed by atoms with van der Waals surface area (Å²) in [5.41, 5.74) is 2.19. The molecule has 2 aliphatic rings. The van der Waals surface area contributed by atoms with E-state index in [0.717, 1.165) is 49.0 Å². The molecule has 1 fully saturated rings. The number of piperazine rings is 1. The van der Waals surface area contributed by atoms with E-state index in [1.165, 1.54) is 10.6 Å². The third-order valence-corrected chi connectivity index (χ3v) is 5.74. The third kappa shape index (κ3) is 4.79. The van der Waals surface area contributed by atoms with E-state index in [0.29, 0.717) is 19.8 Å². The number of quaternary nitrogens is 1. The molecule has 7 nitrogen and oxygen atoms in total. The lowest BCUT2D eigenvalue weighted by Gasteiger charge is -2.33. The molecule has 2 aromatic rings. The van der Waals surface area contributed by atoms with Crippen LogP contribution in [-0.2, 0) is 4.79 Å². The molecule has 0 unspecified atom stereocenters. The van der Waals surface area contributed by atoms with Gasteiger partial charge >= 0.3 is 0 Å². The fourth-order valence-corrected chi connectivity index (χ4v) is 4.00. The van der Waals surface area contributed by atoms with Crippen molar-refractivity contribution in [3.63, 3.8) is 0 Å². The molecule has 2 N–H and O–H groups in total. The van der Waals surface area contributed by atoms with Crippen LogP contribution in [0.3, 0.4) is 0 Å². The molecule has 1 amide bonds. The SMILES string of the molecule is COc1cccc(N2CC[NH+](CC(=O)N[C@@H](C)c3ccc4c(c3)OCCO4)CC2)c1. The topological polar surface area (TPSA) is 64.5 Å². The Morgan fingerprint density at radius 3 is 2.67 bits per heavy atom. The molecule has 30 heavy (non-hydrogen) atoms. The number of hydrogen-bond acceptors (Lipinski definition) is 5. The molecule has 1 atom stereocenters. The first-order valence-electron chi connectivity index (χ1n) is 10.5. The molecule has 2 aliphatic heterocycles. The highest BCUT2D eigenvalue weighted by Crippen LogP contribution is 2.32. The highest BCUT2D eigenvalue weighted by atomic mass is 16.6. The number of hydrogen-bond donors (Lipinski definition) is 2. The van der Waals surface area contributed by atoms with E-state index in [-0.39, 0.29) is 11.9 Å². The van der Waals surface area contributed by atoms with Gasteiger partial charge in [-0.15, -0.1) is 0 Å². The fourth-order valence-electron chi connectivity index (χ4n) is 4.00. The minimum atomic E-state index is -0.0780. The summed E-state index contributed by atoms with van der Waals surface area (Å²) in [5, 5.41) is 3.12. The van der Waals surface area contributed by atoms with Gasteiger partial charge in [0.05, 0.1) is 39.3 Å². The Kier molecular flexibility index (Phi) is 6.28. The Hall–Kier alpha value is -2.93. The molecule has 0 saturated carbocycles. The number of rotatable bonds is 6. The van der Waals surface area contributed by atoms with Gasteiger partial charge in [0.2, 0.25) is 0 Å². The van der Waals surface area contributed by atoms with Crippen LogP contribution in [0.5, 0.6) is 17.2 Å². The first kappa shape index (κ1) is 20.3. The number of benzene rings is 2. The van der Waals surface area contributed by atoms with Crippen molar-refractivity contribution in [2.45, 2.75) is 13.0 Å². The van der Waals surface area contributed by atoms with Gasteiger partial charge in [-0.2, -0.15) is 0 Å². The largest absolute Gasteiger partial charge is 0.497 e. The van der Waals surface area contributed by atoms with Crippen molar-refractivity contribution in [3.8, 4) is 17.2 Å². The minimum Gasteiger partial charge on any atom is -0.497 e. The molecule has 0 spiro atoms. The zero-order chi connectivity index (χ0) is 20.9. The molecule has 2 heterocycles. The number of ether oxygens (including phenoxy) is 3. The average Bonchev–Trinajstić information content (AvgIpc) is 2.79. The predicted octanol–water partition coefficient (Wildman–Crippen LogP) is 1.05. The molecule has 0 aliphatic carbocycles. The van der Waals surface area contributed by atoms with Gasteiger partial charge in [0.15, 0.2) is 18.0 Å². The Bertz CT molecular complexity index is 881. The first-order valence-corrected chi connectivity index (χ1v) is 10.5. The van der Waals surface area contributed by atoms with Crippen LogP contribution in [0.15, 0.2) is 42.5 Å². The van der Waals surface area contributed by atoms with Crippen LogP contribution in [-0.4, -0.2) is 59.0 Å². The molecule has 0 radical (unpaired) electrons. The van der Waals surface area contributed by atoms with Crippen molar-refractivity contribution in [3.05, 3.63) is 48.0 Å². The van der Waals surface area contributed by atoms with Crippen molar-refractivity contribution < 1.29 is 23.9 Å². The van der Waals surface area contributed by atoms with Crippen LogP contribution in [0, 0.1) is 0 Å². The molecule has 1 saturated heterocycles. The number of carbonyl (C=O) groups excluding carboxylic acids is 1. The molecule has 4 rings (SSSR count). The second kappa shape index (κ2) is 9.26. The van der Waals surface area contributed by atoms with Gasteiger partial charge < -0.3 is 29.3 Å². The average molecular weight is 413 g/mol. The molecule has 7 heteroatoms. The van der Waals surface area contributed by atoms with Gasteiger partial charge in [0.1, 0.15) is 19.0 Å². The summed E-state index contributed by atoms with van der Waals surface area (Å²) in [6.07, 6.45) is 0. The lowest BCUT2D eigenvalue weighted by atomic mass is 10.1. The molecular formula is C23H30N3O4+.